The molecule has 8 heteroatoms. The first-order chi connectivity index (χ1) is 16.3. The van der Waals surface area contributed by atoms with E-state index in [0.717, 1.165) is 33.9 Å². The van der Waals surface area contributed by atoms with E-state index in [1.54, 1.807) is 37.5 Å². The van der Waals surface area contributed by atoms with Gasteiger partial charge < -0.3 is 24.6 Å². The summed E-state index contributed by atoms with van der Waals surface area (Å²) in [7, 11) is 3.05. The molecule has 1 heterocycles. The molecule has 2 aromatic carbocycles. The van der Waals surface area contributed by atoms with Crippen molar-refractivity contribution in [1.82, 2.24) is 15.3 Å². The summed E-state index contributed by atoms with van der Waals surface area (Å²) in [5, 5.41) is 12.5. The maximum Gasteiger partial charge on any atom is 0.244 e. The fourth-order valence-corrected chi connectivity index (χ4v) is 3.21. The molecule has 178 valence electrons. The van der Waals surface area contributed by atoms with Crippen LogP contribution in [0.25, 0.3) is 6.08 Å². The van der Waals surface area contributed by atoms with Gasteiger partial charge in [0.2, 0.25) is 5.91 Å². The molecule has 0 radical (unpaired) electrons. The molecule has 3 rings (SSSR count). The van der Waals surface area contributed by atoms with Crippen molar-refractivity contribution in [3.05, 3.63) is 76.4 Å². The number of rotatable bonds is 9. The number of aryl methyl sites for hydroxylation is 3. The fraction of sp³-hybridized carbons (Fsp3) is 0.269. The van der Waals surface area contributed by atoms with Gasteiger partial charge in [0.15, 0.2) is 23.0 Å². The summed E-state index contributed by atoms with van der Waals surface area (Å²) in [5.74, 6) is 1.27. The predicted octanol–water partition coefficient (Wildman–Crippen LogP) is 4.03. The molecule has 0 unspecified atom stereocenters. The molecular weight excluding hydrogens is 434 g/mol. The number of hydrogen-bond acceptors (Lipinski definition) is 7. The van der Waals surface area contributed by atoms with Crippen molar-refractivity contribution in [2.75, 3.05) is 14.2 Å². The van der Waals surface area contributed by atoms with Gasteiger partial charge in [0.05, 0.1) is 37.0 Å². The maximum absolute atomic E-state index is 12.3. The van der Waals surface area contributed by atoms with Crippen molar-refractivity contribution in [3.8, 4) is 23.0 Å². The highest BCUT2D eigenvalue weighted by atomic mass is 16.5. The Morgan fingerprint density at radius 3 is 2.41 bits per heavy atom. The molecule has 0 saturated carbocycles. The van der Waals surface area contributed by atoms with E-state index in [0.29, 0.717) is 23.8 Å². The van der Waals surface area contributed by atoms with Gasteiger partial charge in [-0.3, -0.25) is 14.8 Å². The van der Waals surface area contributed by atoms with Crippen LogP contribution in [0.2, 0.25) is 0 Å². The number of nitrogens with one attached hydrogen (secondary N) is 1. The zero-order valence-corrected chi connectivity index (χ0v) is 20.0. The van der Waals surface area contributed by atoms with Crippen LogP contribution in [-0.2, 0) is 17.9 Å². The predicted molar refractivity (Wildman–Crippen MR) is 129 cm³/mol. The zero-order chi connectivity index (χ0) is 24.7. The van der Waals surface area contributed by atoms with Gasteiger partial charge in [-0.25, -0.2) is 0 Å². The second kappa shape index (κ2) is 11.2. The molecule has 34 heavy (non-hydrogen) atoms. The van der Waals surface area contributed by atoms with E-state index < -0.39 is 0 Å². The monoisotopic (exact) mass is 463 g/mol. The van der Waals surface area contributed by atoms with E-state index in [1.807, 2.05) is 26.8 Å². The number of benzene rings is 2. The number of aromatic hydroxyl groups is 1. The molecule has 1 amide bonds. The number of amides is 1. The van der Waals surface area contributed by atoms with Gasteiger partial charge in [-0.2, -0.15) is 0 Å². The van der Waals surface area contributed by atoms with Crippen LogP contribution in [0, 0.1) is 20.8 Å². The molecule has 0 aliphatic carbocycles. The molecule has 0 fully saturated rings. The van der Waals surface area contributed by atoms with E-state index in [-0.39, 0.29) is 18.3 Å². The van der Waals surface area contributed by atoms with E-state index in [1.165, 1.54) is 19.3 Å². The lowest BCUT2D eigenvalue weighted by Crippen LogP contribution is -2.20. The van der Waals surface area contributed by atoms with Crippen LogP contribution < -0.4 is 19.5 Å². The van der Waals surface area contributed by atoms with Gasteiger partial charge in [0.1, 0.15) is 6.61 Å². The van der Waals surface area contributed by atoms with E-state index >= 15 is 0 Å². The van der Waals surface area contributed by atoms with Crippen LogP contribution in [0.1, 0.15) is 33.9 Å². The normalized spacial score (nSPS) is 10.9. The first-order valence-electron chi connectivity index (χ1n) is 10.7. The Morgan fingerprint density at radius 2 is 1.68 bits per heavy atom. The van der Waals surface area contributed by atoms with Crippen molar-refractivity contribution in [3.63, 3.8) is 0 Å². The number of carbonyl (C=O) groups excluding carboxylic acids is 1. The van der Waals surface area contributed by atoms with Crippen molar-refractivity contribution in [2.45, 2.75) is 33.9 Å². The molecule has 0 aliphatic rings. The lowest BCUT2D eigenvalue weighted by Gasteiger charge is -2.13. The second-order valence-electron chi connectivity index (χ2n) is 7.68. The van der Waals surface area contributed by atoms with Crippen molar-refractivity contribution >= 4 is 12.0 Å². The van der Waals surface area contributed by atoms with E-state index in [4.69, 9.17) is 14.2 Å². The first kappa shape index (κ1) is 24.6. The molecule has 1 aromatic heterocycles. The van der Waals surface area contributed by atoms with Crippen LogP contribution in [-0.4, -0.2) is 35.2 Å². The van der Waals surface area contributed by atoms with Gasteiger partial charge >= 0.3 is 0 Å². The van der Waals surface area contributed by atoms with Gasteiger partial charge in [-0.05, 0) is 62.2 Å². The molecule has 8 nitrogen and oxygen atoms in total. The number of phenols is 1. The molecule has 0 spiro atoms. The number of ether oxygens (including phenoxy) is 3. The SMILES string of the molecule is COc1cc(CNC(=O)/C=C/c2ccc(OC)c(OCc3nc(C)c(C)nc3C)c2)ccc1O. The molecule has 0 atom stereocenters. The van der Waals surface area contributed by atoms with Crippen LogP contribution in [0.15, 0.2) is 42.5 Å². The Labute approximate surface area is 199 Å². The quantitative estimate of drug-likeness (QED) is 0.462. The van der Waals surface area contributed by atoms with E-state index in [9.17, 15) is 9.90 Å². The van der Waals surface area contributed by atoms with Gasteiger partial charge in [-0.1, -0.05) is 12.1 Å². The van der Waals surface area contributed by atoms with Gasteiger partial charge in [0, 0.05) is 12.6 Å². The Hall–Kier alpha value is -4.07. The minimum Gasteiger partial charge on any atom is -0.504 e. The molecule has 2 N–H and O–H groups in total. The average Bonchev–Trinajstić information content (AvgIpc) is 2.83. The maximum atomic E-state index is 12.3. The highest BCUT2D eigenvalue weighted by molar-refractivity contribution is 5.91. The topological polar surface area (TPSA) is 103 Å². The first-order valence-corrected chi connectivity index (χ1v) is 10.7. The fourth-order valence-electron chi connectivity index (χ4n) is 3.21. The van der Waals surface area contributed by atoms with Crippen molar-refractivity contribution < 1.29 is 24.1 Å². The summed E-state index contributed by atoms with van der Waals surface area (Å²) in [5.41, 5.74) is 4.93. The minimum absolute atomic E-state index is 0.0507. The van der Waals surface area contributed by atoms with Crippen molar-refractivity contribution in [1.29, 1.82) is 0 Å². The summed E-state index contributed by atoms with van der Waals surface area (Å²) >= 11 is 0. The second-order valence-corrected chi connectivity index (χ2v) is 7.68. The molecule has 0 bridgehead atoms. The Kier molecular flexibility index (Phi) is 8.08. The number of nitrogens with zero attached hydrogens (tertiary/aromatic N) is 2. The van der Waals surface area contributed by atoms with Gasteiger partial charge in [0.25, 0.3) is 0 Å². The van der Waals surface area contributed by atoms with Crippen molar-refractivity contribution in [2.24, 2.45) is 0 Å². The van der Waals surface area contributed by atoms with E-state index in [2.05, 4.69) is 15.3 Å². The highest BCUT2D eigenvalue weighted by Gasteiger charge is 2.10. The standard InChI is InChI=1S/C26H29N3O5/c1-16-17(2)29-21(18(3)28-16)15-34-25-12-19(7-10-23(25)32-4)8-11-26(31)27-14-20-6-9-22(30)24(13-20)33-5/h6-13,30H,14-15H2,1-5H3,(H,27,31)/b11-8+. The smallest absolute Gasteiger partial charge is 0.244 e. The number of phenolic OH excluding ortho intramolecular Hbond substituents is 1. The molecule has 0 aliphatic heterocycles. The average molecular weight is 464 g/mol. The molecular formula is C26H29N3O5. The summed E-state index contributed by atoms with van der Waals surface area (Å²) < 4.78 is 16.5. The highest BCUT2D eigenvalue weighted by Crippen LogP contribution is 2.29. The van der Waals surface area contributed by atoms with Crippen LogP contribution in [0.5, 0.6) is 23.0 Å². The van der Waals surface area contributed by atoms with Crippen LogP contribution >= 0.6 is 0 Å². The Bertz CT molecular complexity index is 1210. The molecule has 3 aromatic rings. The third-order valence-corrected chi connectivity index (χ3v) is 5.27. The number of methoxy groups -OCH3 is 2. The third-order valence-electron chi connectivity index (χ3n) is 5.27. The van der Waals surface area contributed by atoms with Gasteiger partial charge in [-0.15, -0.1) is 0 Å². The number of hydrogen-bond donors (Lipinski definition) is 2. The lowest BCUT2D eigenvalue weighted by atomic mass is 10.1. The summed E-state index contributed by atoms with van der Waals surface area (Å²) in [4.78, 5) is 21.3. The summed E-state index contributed by atoms with van der Waals surface area (Å²) in [6.45, 7) is 6.30. The number of carbonyl (C=O) groups is 1. The Balaban J connectivity index is 1.65. The Morgan fingerprint density at radius 1 is 0.941 bits per heavy atom. The lowest BCUT2D eigenvalue weighted by molar-refractivity contribution is -0.116. The summed E-state index contributed by atoms with van der Waals surface area (Å²) in [6, 6.07) is 10.3. The minimum atomic E-state index is -0.258. The van der Waals surface area contributed by atoms with Crippen LogP contribution in [0.3, 0.4) is 0 Å². The summed E-state index contributed by atoms with van der Waals surface area (Å²) in [6.07, 6.45) is 3.14. The number of aromatic nitrogens is 2. The van der Waals surface area contributed by atoms with Crippen LogP contribution in [0.4, 0.5) is 0 Å². The zero-order valence-electron chi connectivity index (χ0n) is 20.0. The molecule has 0 saturated heterocycles. The largest absolute Gasteiger partial charge is 0.504 e. The third kappa shape index (κ3) is 6.25.